The molecule has 0 radical (unpaired) electrons. The van der Waals surface area contributed by atoms with Crippen LogP contribution in [-0.2, 0) is 11.3 Å². The Hall–Kier alpha value is -2.37. The van der Waals surface area contributed by atoms with Crippen LogP contribution in [0.1, 0.15) is 22.8 Å². The van der Waals surface area contributed by atoms with Gasteiger partial charge in [0.05, 0.1) is 7.05 Å². The van der Waals surface area contributed by atoms with Gasteiger partial charge in [-0.1, -0.05) is 29.8 Å². The van der Waals surface area contributed by atoms with Crippen molar-refractivity contribution in [1.82, 2.24) is 5.32 Å². The Morgan fingerprint density at radius 3 is 2.52 bits per heavy atom. The van der Waals surface area contributed by atoms with E-state index in [1.807, 2.05) is 38.2 Å². The van der Waals surface area contributed by atoms with Gasteiger partial charge in [-0.15, -0.1) is 0 Å². The SMILES string of the molecule is CCNC(=O)c1cccc(NC(=O)C[NH+](C)Cc2ccc(Cl)cc2)c1. The molecular weight excluding hydrogens is 338 g/mol. The van der Waals surface area contributed by atoms with Gasteiger partial charge < -0.3 is 15.5 Å². The average Bonchev–Trinajstić information content (AvgIpc) is 2.57. The van der Waals surface area contributed by atoms with E-state index in [0.717, 1.165) is 17.0 Å². The molecule has 2 amide bonds. The highest BCUT2D eigenvalue weighted by molar-refractivity contribution is 6.30. The van der Waals surface area contributed by atoms with E-state index < -0.39 is 0 Å². The predicted molar refractivity (Wildman–Crippen MR) is 100.0 cm³/mol. The molecule has 0 aliphatic heterocycles. The number of benzene rings is 2. The fourth-order valence-electron chi connectivity index (χ4n) is 2.49. The Morgan fingerprint density at radius 1 is 1.12 bits per heavy atom. The summed E-state index contributed by atoms with van der Waals surface area (Å²) in [6.45, 7) is 3.48. The molecule has 1 unspecified atom stereocenters. The van der Waals surface area contributed by atoms with Crippen molar-refractivity contribution >= 4 is 29.1 Å². The summed E-state index contributed by atoms with van der Waals surface area (Å²) in [7, 11) is 1.96. The van der Waals surface area contributed by atoms with Crippen LogP contribution in [0.2, 0.25) is 5.02 Å². The molecule has 0 heterocycles. The minimum atomic E-state index is -0.149. The Labute approximate surface area is 153 Å². The van der Waals surface area contributed by atoms with E-state index in [4.69, 9.17) is 11.6 Å². The van der Waals surface area contributed by atoms with Crippen molar-refractivity contribution in [2.75, 3.05) is 25.5 Å². The summed E-state index contributed by atoms with van der Waals surface area (Å²) < 4.78 is 0. The van der Waals surface area contributed by atoms with Gasteiger partial charge in [-0.3, -0.25) is 9.59 Å². The minimum Gasteiger partial charge on any atom is -0.352 e. The van der Waals surface area contributed by atoms with Gasteiger partial charge >= 0.3 is 0 Å². The number of nitrogens with one attached hydrogen (secondary N) is 3. The second-order valence-corrected chi connectivity index (χ2v) is 6.36. The molecule has 0 bridgehead atoms. The molecule has 5 nitrogen and oxygen atoms in total. The van der Waals surface area contributed by atoms with Gasteiger partial charge in [-0.2, -0.15) is 0 Å². The number of anilines is 1. The molecule has 0 aliphatic rings. The van der Waals surface area contributed by atoms with Crippen molar-refractivity contribution in [2.24, 2.45) is 0 Å². The van der Waals surface area contributed by atoms with Gasteiger partial charge in [0.1, 0.15) is 6.54 Å². The molecule has 0 aromatic heterocycles. The zero-order valence-corrected chi connectivity index (χ0v) is 15.2. The van der Waals surface area contributed by atoms with Crippen LogP contribution in [0, 0.1) is 0 Å². The first-order valence-corrected chi connectivity index (χ1v) is 8.59. The molecule has 0 saturated carbocycles. The van der Waals surface area contributed by atoms with Crippen LogP contribution in [0.15, 0.2) is 48.5 Å². The highest BCUT2D eigenvalue weighted by Crippen LogP contribution is 2.10. The largest absolute Gasteiger partial charge is 0.352 e. The van der Waals surface area contributed by atoms with E-state index in [9.17, 15) is 9.59 Å². The second kappa shape index (κ2) is 9.20. The minimum absolute atomic E-state index is 0.0977. The van der Waals surface area contributed by atoms with Crippen LogP contribution in [0.4, 0.5) is 5.69 Å². The normalized spacial score (nSPS) is 11.6. The van der Waals surface area contributed by atoms with Gasteiger partial charge in [0.25, 0.3) is 11.8 Å². The Bertz CT molecular complexity index is 732. The molecule has 0 aliphatic carbocycles. The lowest BCUT2D eigenvalue weighted by molar-refractivity contribution is -0.885. The lowest BCUT2D eigenvalue weighted by Crippen LogP contribution is -3.08. The lowest BCUT2D eigenvalue weighted by Gasteiger charge is -2.14. The number of halogens is 1. The van der Waals surface area contributed by atoms with Crippen molar-refractivity contribution < 1.29 is 14.5 Å². The molecule has 132 valence electrons. The summed E-state index contributed by atoms with van der Waals surface area (Å²) in [5, 5.41) is 6.28. The number of hydrogen-bond acceptors (Lipinski definition) is 2. The average molecular weight is 361 g/mol. The predicted octanol–water partition coefficient (Wildman–Crippen LogP) is 1.74. The summed E-state index contributed by atoms with van der Waals surface area (Å²) in [5.41, 5.74) is 2.27. The molecule has 6 heteroatoms. The van der Waals surface area contributed by atoms with Gasteiger partial charge in [-0.25, -0.2) is 0 Å². The maximum absolute atomic E-state index is 12.2. The fraction of sp³-hybridized carbons (Fsp3) is 0.263. The molecule has 0 fully saturated rings. The number of likely N-dealkylation sites (N-methyl/N-ethyl adjacent to an activating group) is 1. The Balaban J connectivity index is 1.90. The van der Waals surface area contributed by atoms with Crippen LogP contribution in [-0.4, -0.2) is 32.0 Å². The Kier molecular flexibility index (Phi) is 6.98. The van der Waals surface area contributed by atoms with Crippen LogP contribution in [0.3, 0.4) is 0 Å². The van der Waals surface area contributed by atoms with E-state index in [1.54, 1.807) is 24.3 Å². The maximum atomic E-state index is 12.2. The smallest absolute Gasteiger partial charge is 0.279 e. The number of carbonyl (C=O) groups excluding carboxylic acids is 2. The number of amides is 2. The van der Waals surface area contributed by atoms with Crippen molar-refractivity contribution in [3.05, 3.63) is 64.7 Å². The van der Waals surface area contributed by atoms with Gasteiger partial charge in [0, 0.05) is 28.4 Å². The van der Waals surface area contributed by atoms with E-state index in [2.05, 4.69) is 10.6 Å². The maximum Gasteiger partial charge on any atom is 0.279 e. The monoisotopic (exact) mass is 360 g/mol. The van der Waals surface area contributed by atoms with Crippen LogP contribution in [0.25, 0.3) is 0 Å². The van der Waals surface area contributed by atoms with Gasteiger partial charge in [-0.05, 0) is 37.3 Å². The Morgan fingerprint density at radius 2 is 1.84 bits per heavy atom. The summed E-state index contributed by atoms with van der Waals surface area (Å²) >= 11 is 5.88. The summed E-state index contributed by atoms with van der Waals surface area (Å²) in [6, 6.07) is 14.5. The van der Waals surface area contributed by atoms with Crippen molar-refractivity contribution in [2.45, 2.75) is 13.5 Å². The third kappa shape index (κ3) is 6.21. The first-order valence-electron chi connectivity index (χ1n) is 8.21. The third-order valence-corrected chi connectivity index (χ3v) is 3.88. The van der Waals surface area contributed by atoms with E-state index in [1.165, 1.54) is 0 Å². The summed E-state index contributed by atoms with van der Waals surface area (Å²) in [4.78, 5) is 25.1. The van der Waals surface area contributed by atoms with Crippen molar-refractivity contribution in [3.63, 3.8) is 0 Å². The van der Waals surface area contributed by atoms with Gasteiger partial charge in [0.15, 0.2) is 6.54 Å². The summed E-state index contributed by atoms with van der Waals surface area (Å²) in [5.74, 6) is -0.247. The lowest BCUT2D eigenvalue weighted by atomic mass is 10.2. The van der Waals surface area contributed by atoms with Crippen molar-refractivity contribution in [3.8, 4) is 0 Å². The topological polar surface area (TPSA) is 62.6 Å². The third-order valence-electron chi connectivity index (χ3n) is 3.63. The number of rotatable bonds is 7. The van der Waals surface area contributed by atoms with E-state index in [0.29, 0.717) is 29.4 Å². The highest BCUT2D eigenvalue weighted by atomic mass is 35.5. The highest BCUT2D eigenvalue weighted by Gasteiger charge is 2.12. The summed E-state index contributed by atoms with van der Waals surface area (Å²) in [6.07, 6.45) is 0. The molecule has 3 N–H and O–H groups in total. The number of quaternary nitrogens is 1. The molecule has 25 heavy (non-hydrogen) atoms. The quantitative estimate of drug-likeness (QED) is 0.704. The molecule has 1 atom stereocenters. The first kappa shape index (κ1) is 19.0. The zero-order chi connectivity index (χ0) is 18.2. The molecule has 2 aromatic rings. The van der Waals surface area contributed by atoms with Crippen molar-refractivity contribution in [1.29, 1.82) is 0 Å². The van der Waals surface area contributed by atoms with E-state index in [-0.39, 0.29) is 11.8 Å². The van der Waals surface area contributed by atoms with Crippen LogP contribution >= 0.6 is 11.6 Å². The fourth-order valence-corrected chi connectivity index (χ4v) is 2.62. The molecule has 0 spiro atoms. The van der Waals surface area contributed by atoms with Crippen LogP contribution < -0.4 is 15.5 Å². The number of hydrogen-bond donors (Lipinski definition) is 3. The molecular formula is C19H23ClN3O2+. The molecule has 2 aromatic carbocycles. The zero-order valence-electron chi connectivity index (χ0n) is 14.4. The van der Waals surface area contributed by atoms with E-state index >= 15 is 0 Å². The van der Waals surface area contributed by atoms with Crippen LogP contribution in [0.5, 0.6) is 0 Å². The molecule has 2 rings (SSSR count). The second-order valence-electron chi connectivity index (χ2n) is 5.93. The standard InChI is InChI=1S/C19H22ClN3O2/c1-3-21-19(25)15-5-4-6-17(11-15)22-18(24)13-23(2)12-14-7-9-16(20)10-8-14/h4-11H,3,12-13H2,1-2H3,(H,21,25)(H,22,24)/p+1. The first-order chi connectivity index (χ1) is 12.0. The molecule has 0 saturated heterocycles. The van der Waals surface area contributed by atoms with Gasteiger partial charge in [0.2, 0.25) is 0 Å². The number of carbonyl (C=O) groups is 2.